The second-order valence-electron chi connectivity index (χ2n) is 16.1. The van der Waals surface area contributed by atoms with E-state index in [9.17, 15) is 33.0 Å². The maximum atomic E-state index is 12.7. The lowest BCUT2D eigenvalue weighted by Crippen LogP contribution is -2.63. The molecule has 4 rings (SSSR count). The zero-order valence-electron chi connectivity index (χ0n) is 28.4. The van der Waals surface area contributed by atoms with Crippen molar-refractivity contribution in [2.45, 2.75) is 123 Å². The van der Waals surface area contributed by atoms with Crippen LogP contribution in [0.3, 0.4) is 0 Å². The fourth-order valence-electron chi connectivity index (χ4n) is 10.00. The molecule has 0 aromatic heterocycles. The largest absolute Gasteiger partial charge is 0.444 e. The van der Waals surface area contributed by atoms with E-state index >= 15 is 0 Å². The molecule has 13 heteroatoms. The van der Waals surface area contributed by atoms with Gasteiger partial charge in [0, 0.05) is 19.0 Å². The highest BCUT2D eigenvalue weighted by Gasteiger charge is 2.65. The zero-order chi connectivity index (χ0) is 34.2. The average Bonchev–Trinajstić information content (AvgIpc) is 3.29. The second-order valence-corrected chi connectivity index (χ2v) is 17.7. The van der Waals surface area contributed by atoms with Crippen LogP contribution in [0.1, 0.15) is 99.3 Å². The van der Waals surface area contributed by atoms with Gasteiger partial charge in [-0.25, -0.2) is 4.79 Å². The quantitative estimate of drug-likeness (QED) is 0.190. The summed E-state index contributed by atoms with van der Waals surface area (Å²) in [4.78, 5) is 37.0. The monoisotopic (exact) mass is 671 g/mol. The lowest BCUT2D eigenvalue weighted by molar-refractivity contribution is -0.202. The highest BCUT2D eigenvalue weighted by atomic mass is 32.2. The Bertz CT molecular complexity index is 1240. The van der Waals surface area contributed by atoms with Gasteiger partial charge in [-0.3, -0.25) is 14.1 Å². The molecule has 0 aliphatic heterocycles. The number of aliphatic hydroxyl groups excluding tert-OH is 2. The van der Waals surface area contributed by atoms with Crippen LogP contribution in [0.4, 0.5) is 4.79 Å². The van der Waals surface area contributed by atoms with E-state index in [4.69, 9.17) is 9.29 Å². The van der Waals surface area contributed by atoms with Crippen LogP contribution in [0, 0.1) is 46.3 Å². The second kappa shape index (κ2) is 13.9. The van der Waals surface area contributed by atoms with Gasteiger partial charge in [-0.05, 0) is 118 Å². The lowest BCUT2D eigenvalue weighted by atomic mass is 9.43. The van der Waals surface area contributed by atoms with Gasteiger partial charge in [0.05, 0.1) is 18.0 Å². The summed E-state index contributed by atoms with van der Waals surface area (Å²) >= 11 is 0. The summed E-state index contributed by atoms with van der Waals surface area (Å²) in [6, 6.07) is -0.0458. The van der Waals surface area contributed by atoms with Gasteiger partial charge >= 0.3 is 6.09 Å². The smallest absolute Gasteiger partial charge is 0.408 e. The predicted octanol–water partition coefficient (Wildman–Crippen LogP) is 3.02. The average molecular weight is 672 g/mol. The molecular weight excluding hydrogens is 614 g/mol. The van der Waals surface area contributed by atoms with Gasteiger partial charge in [0.2, 0.25) is 11.8 Å². The first kappa shape index (κ1) is 36.9. The molecule has 11 atom stereocenters. The molecule has 12 nitrogen and oxygen atoms in total. The van der Waals surface area contributed by atoms with Crippen LogP contribution in [0.2, 0.25) is 0 Å². The molecule has 0 radical (unpaired) electrons. The first-order chi connectivity index (χ1) is 21.2. The van der Waals surface area contributed by atoms with Gasteiger partial charge in [0.25, 0.3) is 10.1 Å². The van der Waals surface area contributed by atoms with Gasteiger partial charge in [-0.1, -0.05) is 20.8 Å². The first-order valence-corrected chi connectivity index (χ1v) is 18.7. The molecule has 46 heavy (non-hydrogen) atoms. The van der Waals surface area contributed by atoms with Gasteiger partial charge in [0.15, 0.2) is 0 Å². The Morgan fingerprint density at radius 1 is 0.978 bits per heavy atom. The Balaban J connectivity index is 1.35. The predicted molar refractivity (Wildman–Crippen MR) is 172 cm³/mol. The van der Waals surface area contributed by atoms with E-state index in [0.717, 1.165) is 32.1 Å². The zero-order valence-corrected chi connectivity index (χ0v) is 29.2. The van der Waals surface area contributed by atoms with Crippen LogP contribution in [0.5, 0.6) is 0 Å². The minimum atomic E-state index is -4.13. The van der Waals surface area contributed by atoms with Crippen molar-refractivity contribution in [1.29, 1.82) is 0 Å². The third-order valence-electron chi connectivity index (χ3n) is 12.2. The summed E-state index contributed by atoms with van der Waals surface area (Å²) in [7, 11) is -4.13. The van der Waals surface area contributed by atoms with Crippen molar-refractivity contribution in [1.82, 2.24) is 16.0 Å². The fraction of sp³-hybridized carbons (Fsp3) is 0.909. The third-order valence-corrected chi connectivity index (χ3v) is 12.9. The van der Waals surface area contributed by atoms with Crippen molar-refractivity contribution >= 4 is 28.0 Å². The lowest BCUT2D eigenvalue weighted by Gasteiger charge is -2.63. The molecule has 0 aromatic rings. The van der Waals surface area contributed by atoms with Crippen molar-refractivity contribution in [3.05, 3.63) is 0 Å². The van der Waals surface area contributed by atoms with Crippen LogP contribution in [0.15, 0.2) is 0 Å². The minimum absolute atomic E-state index is 0.0458. The number of amides is 3. The van der Waals surface area contributed by atoms with E-state index in [0.29, 0.717) is 19.3 Å². The Morgan fingerprint density at radius 3 is 2.33 bits per heavy atom. The Labute approximate surface area is 274 Å². The number of carbonyl (C=O) groups excluding carboxylic acids is 3. The Hall–Kier alpha value is -1.96. The van der Waals surface area contributed by atoms with Crippen LogP contribution in [0.25, 0.3) is 0 Å². The van der Waals surface area contributed by atoms with E-state index in [1.165, 1.54) is 0 Å². The summed E-state index contributed by atoms with van der Waals surface area (Å²) in [5.41, 5.74) is -1.09. The SMILES string of the molecule is C[C@H](CCC(=O)NCCS(=O)(=O)O)[C@H]1CCC2C3C(C[C@H](O)[C@@]21C)[C@@]1(C)CC[C@H](NC(=O)CNC(=O)OC(C)(C)C)C[C@H]1C[C@H]3O. The fourth-order valence-corrected chi connectivity index (χ4v) is 10.4. The minimum Gasteiger partial charge on any atom is -0.444 e. The molecule has 4 aliphatic rings. The third kappa shape index (κ3) is 8.18. The number of nitrogens with one attached hydrogen (secondary N) is 3. The number of carbonyl (C=O) groups is 3. The molecule has 0 aromatic carbocycles. The number of fused-ring (bicyclic) bond motifs is 5. The van der Waals surface area contributed by atoms with Gasteiger partial charge in [-0.2, -0.15) is 8.42 Å². The molecule has 4 aliphatic carbocycles. The number of rotatable bonds is 10. The van der Waals surface area contributed by atoms with Gasteiger partial charge in [-0.15, -0.1) is 0 Å². The molecule has 0 bridgehead atoms. The highest BCUT2D eigenvalue weighted by Crippen LogP contribution is 2.68. The summed E-state index contributed by atoms with van der Waals surface area (Å²) in [5, 5.41) is 31.7. The topological polar surface area (TPSA) is 191 Å². The number of hydrogen-bond acceptors (Lipinski definition) is 8. The van der Waals surface area contributed by atoms with E-state index < -0.39 is 39.8 Å². The summed E-state index contributed by atoms with van der Waals surface area (Å²) in [5.74, 6) is -0.0712. The highest BCUT2D eigenvalue weighted by molar-refractivity contribution is 7.85. The molecular formula is C33H57N3O9S. The van der Waals surface area contributed by atoms with Crippen LogP contribution in [-0.2, 0) is 24.4 Å². The number of hydrogen-bond donors (Lipinski definition) is 6. The maximum absolute atomic E-state index is 12.7. The summed E-state index contributed by atoms with van der Waals surface area (Å²) < 4.78 is 36.0. The van der Waals surface area contributed by atoms with Gasteiger partial charge in [0.1, 0.15) is 12.1 Å². The van der Waals surface area contributed by atoms with Crippen LogP contribution in [-0.4, -0.2) is 83.8 Å². The maximum Gasteiger partial charge on any atom is 0.408 e. The molecule has 264 valence electrons. The molecule has 4 fully saturated rings. The van der Waals surface area contributed by atoms with Gasteiger partial charge < -0.3 is 30.9 Å². The van der Waals surface area contributed by atoms with Crippen molar-refractivity contribution in [2.75, 3.05) is 18.8 Å². The number of alkyl carbamates (subject to hydrolysis) is 1. The molecule has 6 N–H and O–H groups in total. The summed E-state index contributed by atoms with van der Waals surface area (Å²) in [6.45, 7) is 11.6. The summed E-state index contributed by atoms with van der Waals surface area (Å²) in [6.07, 6.45) is 4.75. The van der Waals surface area contributed by atoms with E-state index in [1.54, 1.807) is 20.8 Å². The Kier molecular flexibility index (Phi) is 11.1. The normalized spacial score (nSPS) is 38.0. The molecule has 0 spiro atoms. The van der Waals surface area contributed by atoms with E-state index in [-0.39, 0.29) is 83.7 Å². The van der Waals surface area contributed by atoms with E-state index in [2.05, 4.69) is 36.7 Å². The molecule has 4 saturated carbocycles. The van der Waals surface area contributed by atoms with Crippen LogP contribution < -0.4 is 16.0 Å². The van der Waals surface area contributed by atoms with E-state index in [1.807, 2.05) is 0 Å². The van der Waals surface area contributed by atoms with Crippen molar-refractivity contribution in [3.63, 3.8) is 0 Å². The number of aliphatic hydroxyl groups is 2. The number of ether oxygens (including phenoxy) is 1. The molecule has 3 unspecified atom stereocenters. The van der Waals surface area contributed by atoms with Crippen molar-refractivity contribution in [3.8, 4) is 0 Å². The molecule has 0 heterocycles. The van der Waals surface area contributed by atoms with Crippen LogP contribution >= 0.6 is 0 Å². The van der Waals surface area contributed by atoms with Crippen molar-refractivity contribution in [2.24, 2.45) is 46.3 Å². The Morgan fingerprint density at radius 2 is 1.67 bits per heavy atom. The van der Waals surface area contributed by atoms with Crippen molar-refractivity contribution < 1.29 is 42.3 Å². The standard InChI is InChI=1S/C33H57N3O9S/c1-19(7-10-27(39)34-13-14-46(42,43)44)22-8-9-23-29-24(17-26(38)33(22,23)6)32(5)12-11-21(15-20(32)16-25(29)37)36-28(40)18-35-30(41)45-31(2,3)4/h19-26,29,37-38H,7-18H2,1-6H3,(H,34,39)(H,35,41)(H,36,40)(H,42,43,44)/t19-,20+,21+,22-,23?,24?,25-,26+,29?,32+,33-/m1/s1. The molecule has 3 amide bonds. The molecule has 0 saturated heterocycles. The first-order valence-electron chi connectivity index (χ1n) is 17.1.